The quantitative estimate of drug-likeness (QED) is 0.659. The summed E-state index contributed by atoms with van der Waals surface area (Å²) in [7, 11) is 2.19. The predicted octanol–water partition coefficient (Wildman–Crippen LogP) is 2.09. The van der Waals surface area contributed by atoms with Crippen LogP contribution in [0.5, 0.6) is 0 Å². The minimum atomic E-state index is 0.365. The number of hydrogen-bond donors (Lipinski definition) is 1. The Morgan fingerprint density at radius 1 is 1.31 bits per heavy atom. The van der Waals surface area contributed by atoms with E-state index in [1.807, 2.05) is 0 Å². The molecule has 0 saturated carbocycles. The van der Waals surface area contributed by atoms with Gasteiger partial charge in [-0.15, -0.1) is 0 Å². The van der Waals surface area contributed by atoms with Gasteiger partial charge in [-0.2, -0.15) is 0 Å². The molecule has 13 heavy (non-hydrogen) atoms. The molecule has 2 N–H and O–H groups in total. The van der Waals surface area contributed by atoms with Crippen LogP contribution in [0, 0.1) is 5.92 Å². The Labute approximate surface area is 83.5 Å². The van der Waals surface area contributed by atoms with Crippen LogP contribution in [0.3, 0.4) is 0 Å². The zero-order valence-corrected chi connectivity index (χ0v) is 9.71. The predicted molar refractivity (Wildman–Crippen MR) is 59.8 cm³/mol. The number of unbranched alkanes of at least 4 members (excludes halogenated alkanes) is 1. The summed E-state index contributed by atoms with van der Waals surface area (Å²) in [5.74, 6) is 0.617. The van der Waals surface area contributed by atoms with Gasteiger partial charge in [0.15, 0.2) is 0 Å². The van der Waals surface area contributed by atoms with E-state index >= 15 is 0 Å². The summed E-state index contributed by atoms with van der Waals surface area (Å²) in [6, 6.07) is 0.365. The van der Waals surface area contributed by atoms with Crippen molar-refractivity contribution in [3.8, 4) is 0 Å². The van der Waals surface area contributed by atoms with E-state index in [4.69, 9.17) is 5.73 Å². The van der Waals surface area contributed by atoms with Gasteiger partial charge in [-0.1, -0.05) is 27.2 Å². The second kappa shape index (κ2) is 7.34. The van der Waals surface area contributed by atoms with Crippen LogP contribution in [0.1, 0.15) is 40.0 Å². The van der Waals surface area contributed by atoms with Crippen LogP contribution < -0.4 is 5.73 Å². The number of hydrogen-bond acceptors (Lipinski definition) is 2. The lowest BCUT2D eigenvalue weighted by atomic mass is 10.0. The van der Waals surface area contributed by atoms with E-state index in [9.17, 15) is 0 Å². The molecule has 0 aromatic heterocycles. The van der Waals surface area contributed by atoms with Crippen molar-refractivity contribution >= 4 is 0 Å². The summed E-state index contributed by atoms with van der Waals surface area (Å²) in [5, 5.41) is 0. The van der Waals surface area contributed by atoms with Crippen LogP contribution in [-0.2, 0) is 0 Å². The molecule has 2 nitrogen and oxygen atoms in total. The molecule has 0 rings (SSSR count). The number of rotatable bonds is 7. The molecule has 0 radical (unpaired) electrons. The maximum Gasteiger partial charge on any atom is 0.00741 e. The highest BCUT2D eigenvalue weighted by Crippen LogP contribution is 2.06. The van der Waals surface area contributed by atoms with Crippen molar-refractivity contribution in [1.82, 2.24) is 4.90 Å². The van der Waals surface area contributed by atoms with Gasteiger partial charge in [-0.3, -0.25) is 0 Å². The molecule has 2 heteroatoms. The molecule has 0 aliphatic heterocycles. The van der Waals surface area contributed by atoms with Crippen LogP contribution in [-0.4, -0.2) is 31.1 Å². The largest absolute Gasteiger partial charge is 0.327 e. The Morgan fingerprint density at radius 2 is 1.92 bits per heavy atom. The van der Waals surface area contributed by atoms with Crippen molar-refractivity contribution in [1.29, 1.82) is 0 Å². The summed E-state index contributed by atoms with van der Waals surface area (Å²) in [6.07, 6.45) is 3.66. The van der Waals surface area contributed by atoms with Crippen LogP contribution >= 0.6 is 0 Å². The van der Waals surface area contributed by atoms with Gasteiger partial charge < -0.3 is 10.6 Å². The van der Waals surface area contributed by atoms with E-state index in [1.54, 1.807) is 0 Å². The zero-order chi connectivity index (χ0) is 10.3. The summed E-state index contributed by atoms with van der Waals surface area (Å²) >= 11 is 0. The maximum absolute atomic E-state index is 5.97. The lowest BCUT2D eigenvalue weighted by Crippen LogP contribution is -2.36. The van der Waals surface area contributed by atoms with Crippen LogP contribution in [0.2, 0.25) is 0 Å². The molecular weight excluding hydrogens is 160 g/mol. The molecule has 0 aromatic rings. The zero-order valence-electron chi connectivity index (χ0n) is 9.71. The fourth-order valence-electron chi connectivity index (χ4n) is 1.55. The fourth-order valence-corrected chi connectivity index (χ4v) is 1.55. The summed E-state index contributed by atoms with van der Waals surface area (Å²) in [6.45, 7) is 8.98. The van der Waals surface area contributed by atoms with Gasteiger partial charge in [0.25, 0.3) is 0 Å². The molecular formula is C11H26N2. The van der Waals surface area contributed by atoms with Crippen LogP contribution in [0.4, 0.5) is 0 Å². The molecule has 0 spiro atoms. The van der Waals surface area contributed by atoms with E-state index in [1.165, 1.54) is 19.4 Å². The third kappa shape index (κ3) is 6.05. The highest BCUT2D eigenvalue weighted by molar-refractivity contribution is 4.70. The Morgan fingerprint density at radius 3 is 2.38 bits per heavy atom. The fraction of sp³-hybridized carbons (Fsp3) is 1.00. The van der Waals surface area contributed by atoms with E-state index in [0.717, 1.165) is 13.0 Å². The van der Waals surface area contributed by atoms with Crippen molar-refractivity contribution in [2.24, 2.45) is 11.7 Å². The van der Waals surface area contributed by atoms with E-state index in [0.29, 0.717) is 12.0 Å². The third-order valence-corrected chi connectivity index (χ3v) is 2.70. The Hall–Kier alpha value is -0.0800. The SMILES string of the molecule is CCCCN(C)CC(C)C(N)CC. The smallest absolute Gasteiger partial charge is 0.00741 e. The molecule has 0 fully saturated rings. The molecule has 0 aliphatic carbocycles. The minimum absolute atomic E-state index is 0.365. The van der Waals surface area contributed by atoms with Gasteiger partial charge in [0, 0.05) is 12.6 Å². The molecule has 0 heterocycles. The lowest BCUT2D eigenvalue weighted by Gasteiger charge is -2.24. The molecule has 0 saturated heterocycles. The second-order valence-corrected chi connectivity index (χ2v) is 4.17. The molecule has 80 valence electrons. The van der Waals surface area contributed by atoms with Crippen LogP contribution in [0.15, 0.2) is 0 Å². The minimum Gasteiger partial charge on any atom is -0.327 e. The van der Waals surface area contributed by atoms with Crippen molar-refractivity contribution in [3.63, 3.8) is 0 Å². The Kier molecular flexibility index (Phi) is 7.29. The van der Waals surface area contributed by atoms with Crippen molar-refractivity contribution in [2.45, 2.75) is 46.1 Å². The standard InChI is InChI=1S/C11H26N2/c1-5-7-8-13(4)9-10(3)11(12)6-2/h10-11H,5-9,12H2,1-4H3. The van der Waals surface area contributed by atoms with Gasteiger partial charge in [0.1, 0.15) is 0 Å². The first kappa shape index (κ1) is 12.9. The van der Waals surface area contributed by atoms with Crippen molar-refractivity contribution in [3.05, 3.63) is 0 Å². The highest BCUT2D eigenvalue weighted by Gasteiger charge is 2.12. The summed E-state index contributed by atoms with van der Waals surface area (Å²) < 4.78 is 0. The molecule has 0 amide bonds. The average Bonchev–Trinajstić information content (AvgIpc) is 2.13. The molecule has 0 bridgehead atoms. The summed E-state index contributed by atoms with van der Waals surface area (Å²) in [5.41, 5.74) is 5.97. The van der Waals surface area contributed by atoms with E-state index < -0.39 is 0 Å². The maximum atomic E-state index is 5.97. The van der Waals surface area contributed by atoms with Crippen LogP contribution in [0.25, 0.3) is 0 Å². The Bertz CT molecular complexity index is 115. The van der Waals surface area contributed by atoms with Gasteiger partial charge in [0.2, 0.25) is 0 Å². The van der Waals surface area contributed by atoms with Gasteiger partial charge in [-0.05, 0) is 32.4 Å². The first-order valence-corrected chi connectivity index (χ1v) is 5.55. The topological polar surface area (TPSA) is 29.3 Å². The monoisotopic (exact) mass is 186 g/mol. The average molecular weight is 186 g/mol. The van der Waals surface area contributed by atoms with Crippen molar-refractivity contribution < 1.29 is 0 Å². The molecule has 0 aliphatic rings. The van der Waals surface area contributed by atoms with Gasteiger partial charge in [0.05, 0.1) is 0 Å². The molecule has 0 aromatic carbocycles. The first-order chi connectivity index (χ1) is 6.11. The summed E-state index contributed by atoms with van der Waals surface area (Å²) in [4.78, 5) is 2.39. The third-order valence-electron chi connectivity index (χ3n) is 2.70. The number of nitrogens with two attached hydrogens (primary N) is 1. The van der Waals surface area contributed by atoms with E-state index in [-0.39, 0.29) is 0 Å². The van der Waals surface area contributed by atoms with E-state index in [2.05, 4.69) is 32.7 Å². The van der Waals surface area contributed by atoms with Gasteiger partial charge in [-0.25, -0.2) is 0 Å². The highest BCUT2D eigenvalue weighted by atomic mass is 15.1. The molecule has 2 atom stereocenters. The van der Waals surface area contributed by atoms with Gasteiger partial charge >= 0.3 is 0 Å². The lowest BCUT2D eigenvalue weighted by molar-refractivity contribution is 0.258. The first-order valence-electron chi connectivity index (χ1n) is 5.55. The normalized spacial score (nSPS) is 16.2. The Balaban J connectivity index is 3.57. The second-order valence-electron chi connectivity index (χ2n) is 4.17. The number of nitrogens with zero attached hydrogens (tertiary/aromatic N) is 1. The van der Waals surface area contributed by atoms with Crippen molar-refractivity contribution in [2.75, 3.05) is 20.1 Å². The molecule has 2 unspecified atom stereocenters.